The standard InChI is InChI=1S/C19H18N4O2/c1-3-15-11-17(23-19(22-15)13-6-8-21-9-7-13)25-16-10-14(18(20)24)5-4-12(16)2/h4-11H,3H2,1-2H3,(H2,20,24). The molecule has 0 radical (unpaired) electrons. The predicted molar refractivity (Wildman–Crippen MR) is 94.4 cm³/mol. The Morgan fingerprint density at radius 1 is 1.12 bits per heavy atom. The van der Waals surface area contributed by atoms with Crippen LogP contribution >= 0.6 is 0 Å². The first-order chi connectivity index (χ1) is 12.1. The minimum atomic E-state index is -0.501. The lowest BCUT2D eigenvalue weighted by Crippen LogP contribution is -2.11. The van der Waals surface area contributed by atoms with Crippen LogP contribution in [0.1, 0.15) is 28.5 Å². The Labute approximate surface area is 145 Å². The highest BCUT2D eigenvalue weighted by atomic mass is 16.5. The molecule has 0 aliphatic heterocycles. The number of aryl methyl sites for hydroxylation is 2. The molecule has 0 atom stereocenters. The Morgan fingerprint density at radius 2 is 1.88 bits per heavy atom. The van der Waals surface area contributed by atoms with Crippen LogP contribution < -0.4 is 10.5 Å². The van der Waals surface area contributed by atoms with Crippen molar-refractivity contribution in [1.29, 1.82) is 0 Å². The average molecular weight is 334 g/mol. The summed E-state index contributed by atoms with van der Waals surface area (Å²) in [5, 5.41) is 0. The second kappa shape index (κ2) is 7.09. The van der Waals surface area contributed by atoms with Gasteiger partial charge in [-0.25, -0.2) is 4.98 Å². The highest BCUT2D eigenvalue weighted by molar-refractivity contribution is 5.93. The van der Waals surface area contributed by atoms with E-state index >= 15 is 0 Å². The van der Waals surface area contributed by atoms with Crippen molar-refractivity contribution in [1.82, 2.24) is 15.0 Å². The molecular formula is C19H18N4O2. The van der Waals surface area contributed by atoms with E-state index in [0.29, 0.717) is 23.0 Å². The van der Waals surface area contributed by atoms with Crippen LogP contribution in [0.2, 0.25) is 0 Å². The first-order valence-electron chi connectivity index (χ1n) is 7.93. The number of hydrogen-bond acceptors (Lipinski definition) is 5. The number of amides is 1. The van der Waals surface area contributed by atoms with E-state index in [4.69, 9.17) is 10.5 Å². The Bertz CT molecular complexity index is 911. The SMILES string of the molecule is CCc1cc(Oc2cc(C(N)=O)ccc2C)nc(-c2ccncc2)n1. The normalized spacial score (nSPS) is 10.5. The van der Waals surface area contributed by atoms with E-state index in [-0.39, 0.29) is 0 Å². The fourth-order valence-corrected chi connectivity index (χ4v) is 2.31. The largest absolute Gasteiger partial charge is 0.439 e. The third-order valence-electron chi connectivity index (χ3n) is 3.74. The number of carbonyl (C=O) groups is 1. The van der Waals surface area contributed by atoms with Gasteiger partial charge in [0.2, 0.25) is 11.8 Å². The van der Waals surface area contributed by atoms with Gasteiger partial charge in [0.25, 0.3) is 0 Å². The minimum absolute atomic E-state index is 0.389. The highest BCUT2D eigenvalue weighted by Gasteiger charge is 2.11. The van der Waals surface area contributed by atoms with E-state index in [1.54, 1.807) is 36.7 Å². The summed E-state index contributed by atoms with van der Waals surface area (Å²) in [5.74, 6) is 1.03. The molecule has 0 unspecified atom stereocenters. The van der Waals surface area contributed by atoms with Crippen molar-refractivity contribution in [3.63, 3.8) is 0 Å². The van der Waals surface area contributed by atoms with Crippen molar-refractivity contribution in [3.8, 4) is 23.0 Å². The van der Waals surface area contributed by atoms with Gasteiger partial charge in [0.15, 0.2) is 5.82 Å². The van der Waals surface area contributed by atoms with E-state index in [2.05, 4.69) is 15.0 Å². The molecule has 2 N–H and O–H groups in total. The lowest BCUT2D eigenvalue weighted by Gasteiger charge is -2.11. The van der Waals surface area contributed by atoms with Crippen molar-refractivity contribution in [3.05, 3.63) is 65.6 Å². The molecule has 0 fully saturated rings. The summed E-state index contributed by atoms with van der Waals surface area (Å²) >= 11 is 0. The van der Waals surface area contributed by atoms with Crippen LogP contribution in [0.4, 0.5) is 0 Å². The van der Waals surface area contributed by atoms with E-state index in [1.807, 2.05) is 26.0 Å². The van der Waals surface area contributed by atoms with Gasteiger partial charge in [-0.1, -0.05) is 13.0 Å². The number of pyridine rings is 1. The monoisotopic (exact) mass is 334 g/mol. The summed E-state index contributed by atoms with van der Waals surface area (Å²) in [4.78, 5) is 24.4. The van der Waals surface area contributed by atoms with Crippen molar-refractivity contribution in [2.24, 2.45) is 5.73 Å². The maximum Gasteiger partial charge on any atom is 0.248 e. The molecule has 126 valence electrons. The smallest absolute Gasteiger partial charge is 0.248 e. The summed E-state index contributed by atoms with van der Waals surface area (Å²) in [6.07, 6.45) is 4.13. The number of primary amides is 1. The minimum Gasteiger partial charge on any atom is -0.439 e. The second-order valence-electron chi connectivity index (χ2n) is 5.56. The van der Waals surface area contributed by atoms with Gasteiger partial charge < -0.3 is 10.5 Å². The summed E-state index contributed by atoms with van der Waals surface area (Å²) in [6, 6.07) is 10.6. The molecule has 2 aromatic heterocycles. The molecular weight excluding hydrogens is 316 g/mol. The fourth-order valence-electron chi connectivity index (χ4n) is 2.31. The quantitative estimate of drug-likeness (QED) is 0.773. The molecule has 25 heavy (non-hydrogen) atoms. The molecule has 2 heterocycles. The van der Waals surface area contributed by atoms with Crippen molar-refractivity contribution >= 4 is 5.91 Å². The van der Waals surface area contributed by atoms with Crippen molar-refractivity contribution in [2.45, 2.75) is 20.3 Å². The first-order valence-corrected chi connectivity index (χ1v) is 7.93. The summed E-state index contributed by atoms with van der Waals surface area (Å²) in [5.41, 5.74) is 8.34. The summed E-state index contributed by atoms with van der Waals surface area (Å²) < 4.78 is 5.93. The average Bonchev–Trinajstić information content (AvgIpc) is 2.63. The molecule has 3 rings (SSSR count). The molecule has 0 bridgehead atoms. The number of rotatable bonds is 5. The molecule has 1 amide bonds. The van der Waals surface area contributed by atoms with Crippen LogP contribution in [0.15, 0.2) is 48.8 Å². The van der Waals surface area contributed by atoms with E-state index in [9.17, 15) is 4.79 Å². The van der Waals surface area contributed by atoms with Crippen LogP contribution in [0, 0.1) is 6.92 Å². The number of benzene rings is 1. The number of nitrogens with two attached hydrogens (primary N) is 1. The van der Waals surface area contributed by atoms with Crippen LogP contribution in [-0.2, 0) is 6.42 Å². The number of nitrogens with zero attached hydrogens (tertiary/aromatic N) is 3. The third kappa shape index (κ3) is 3.80. The maximum atomic E-state index is 11.4. The zero-order chi connectivity index (χ0) is 17.8. The van der Waals surface area contributed by atoms with Crippen molar-refractivity contribution in [2.75, 3.05) is 0 Å². The van der Waals surface area contributed by atoms with Gasteiger partial charge in [0.1, 0.15) is 5.75 Å². The van der Waals surface area contributed by atoms with Gasteiger partial charge in [0.05, 0.1) is 0 Å². The van der Waals surface area contributed by atoms with E-state index in [0.717, 1.165) is 23.2 Å². The molecule has 0 saturated heterocycles. The summed E-state index contributed by atoms with van der Waals surface area (Å²) in [6.45, 7) is 3.91. The highest BCUT2D eigenvalue weighted by Crippen LogP contribution is 2.27. The van der Waals surface area contributed by atoms with Gasteiger partial charge in [-0.15, -0.1) is 0 Å². The second-order valence-corrected chi connectivity index (χ2v) is 5.56. The zero-order valence-electron chi connectivity index (χ0n) is 14.1. The molecule has 1 aromatic carbocycles. The molecule has 6 heteroatoms. The number of aromatic nitrogens is 3. The zero-order valence-corrected chi connectivity index (χ0v) is 14.1. The Morgan fingerprint density at radius 3 is 2.56 bits per heavy atom. The van der Waals surface area contributed by atoms with Gasteiger partial charge in [-0.3, -0.25) is 9.78 Å². The Kier molecular flexibility index (Phi) is 4.70. The Balaban J connectivity index is 2.00. The number of hydrogen-bond donors (Lipinski definition) is 1. The van der Waals surface area contributed by atoms with Gasteiger partial charge in [-0.2, -0.15) is 4.98 Å². The number of carbonyl (C=O) groups excluding carboxylic acids is 1. The lowest BCUT2D eigenvalue weighted by atomic mass is 10.1. The number of ether oxygens (including phenoxy) is 1. The Hall–Kier alpha value is -3.28. The molecule has 0 saturated carbocycles. The first kappa shape index (κ1) is 16.6. The molecule has 0 spiro atoms. The van der Waals surface area contributed by atoms with Crippen LogP contribution in [0.3, 0.4) is 0 Å². The van der Waals surface area contributed by atoms with Gasteiger partial charge >= 0.3 is 0 Å². The fraction of sp³-hybridized carbons (Fsp3) is 0.158. The molecule has 6 nitrogen and oxygen atoms in total. The van der Waals surface area contributed by atoms with Crippen LogP contribution in [0.25, 0.3) is 11.4 Å². The lowest BCUT2D eigenvalue weighted by molar-refractivity contribution is 0.1000. The molecule has 3 aromatic rings. The topological polar surface area (TPSA) is 91.0 Å². The maximum absolute atomic E-state index is 11.4. The van der Waals surface area contributed by atoms with Crippen molar-refractivity contribution < 1.29 is 9.53 Å². The molecule has 0 aliphatic rings. The van der Waals surface area contributed by atoms with E-state index in [1.165, 1.54) is 0 Å². The summed E-state index contributed by atoms with van der Waals surface area (Å²) in [7, 11) is 0. The predicted octanol–water partition coefficient (Wildman–Crippen LogP) is 3.30. The molecule has 0 aliphatic carbocycles. The van der Waals surface area contributed by atoms with Gasteiger partial charge in [0, 0.05) is 35.3 Å². The third-order valence-corrected chi connectivity index (χ3v) is 3.74. The van der Waals surface area contributed by atoms with Crippen LogP contribution in [-0.4, -0.2) is 20.9 Å². The van der Waals surface area contributed by atoms with Crippen LogP contribution in [0.5, 0.6) is 11.6 Å². The van der Waals surface area contributed by atoms with Gasteiger partial charge in [-0.05, 0) is 43.2 Å². The van der Waals surface area contributed by atoms with E-state index < -0.39 is 5.91 Å².